The van der Waals surface area contributed by atoms with E-state index in [-0.39, 0.29) is 18.4 Å². The number of methoxy groups -OCH3 is 1. The van der Waals surface area contributed by atoms with Gasteiger partial charge in [-0.05, 0) is 36.2 Å². The smallest absolute Gasteiger partial charge is 0.243 e. The molecular weight excluding hydrogens is 444 g/mol. The number of aromatic nitrogens is 2. The van der Waals surface area contributed by atoms with Gasteiger partial charge in [-0.2, -0.15) is 0 Å². The Labute approximate surface area is 204 Å². The van der Waals surface area contributed by atoms with Crippen LogP contribution in [0.3, 0.4) is 0 Å². The van der Waals surface area contributed by atoms with Gasteiger partial charge in [-0.25, -0.2) is 9.97 Å². The Morgan fingerprint density at radius 1 is 1.23 bits per heavy atom. The van der Waals surface area contributed by atoms with E-state index in [2.05, 4.69) is 20.9 Å². The lowest BCUT2D eigenvalue weighted by atomic mass is 10.0. The highest BCUT2D eigenvalue weighted by Crippen LogP contribution is 2.32. The number of ether oxygens (including phenoxy) is 2. The normalized spacial score (nSPS) is 14.9. The van der Waals surface area contributed by atoms with Gasteiger partial charge in [-0.3, -0.25) is 9.79 Å². The molecule has 0 spiro atoms. The van der Waals surface area contributed by atoms with Crippen LogP contribution in [0.4, 0.5) is 17.3 Å². The molecule has 9 heteroatoms. The van der Waals surface area contributed by atoms with Crippen molar-refractivity contribution in [2.24, 2.45) is 4.99 Å². The number of nitrogens with zero attached hydrogens (tertiary/aromatic N) is 5. The minimum atomic E-state index is 0.0345. The van der Waals surface area contributed by atoms with E-state index >= 15 is 0 Å². The van der Waals surface area contributed by atoms with E-state index in [4.69, 9.17) is 20.2 Å². The molecule has 0 bridgehead atoms. The van der Waals surface area contributed by atoms with Crippen LogP contribution in [0.25, 0.3) is 11.3 Å². The fourth-order valence-corrected chi connectivity index (χ4v) is 4.35. The van der Waals surface area contributed by atoms with Crippen molar-refractivity contribution in [2.75, 3.05) is 50.7 Å². The molecule has 35 heavy (non-hydrogen) atoms. The summed E-state index contributed by atoms with van der Waals surface area (Å²) in [5.74, 6) is 1.02. The van der Waals surface area contributed by atoms with Gasteiger partial charge in [0.25, 0.3) is 0 Å². The third kappa shape index (κ3) is 5.25. The van der Waals surface area contributed by atoms with Crippen molar-refractivity contribution in [1.29, 1.82) is 0 Å². The largest absolute Gasteiger partial charge is 0.497 e. The first-order valence-electron chi connectivity index (χ1n) is 11.6. The third-order valence-corrected chi connectivity index (χ3v) is 6.16. The number of carbonyl (C=O) groups excluding carboxylic acids is 1. The van der Waals surface area contributed by atoms with Crippen LogP contribution in [0.5, 0.6) is 5.75 Å². The summed E-state index contributed by atoms with van der Waals surface area (Å²) in [5, 5.41) is 0. The number of aliphatic imine (C=N–C) groups is 1. The summed E-state index contributed by atoms with van der Waals surface area (Å²) in [7, 11) is 1.64. The Balaban J connectivity index is 1.38. The Kier molecular flexibility index (Phi) is 6.58. The highest BCUT2D eigenvalue weighted by atomic mass is 16.5. The second-order valence-electron chi connectivity index (χ2n) is 8.60. The fourth-order valence-electron chi connectivity index (χ4n) is 4.35. The van der Waals surface area contributed by atoms with Gasteiger partial charge in [0.2, 0.25) is 11.9 Å². The topological polar surface area (TPSA) is 106 Å². The predicted molar refractivity (Wildman–Crippen MR) is 135 cm³/mol. The number of fused-ring (bicyclic) bond motifs is 1. The first-order valence-corrected chi connectivity index (χ1v) is 11.6. The average molecular weight is 473 g/mol. The second-order valence-corrected chi connectivity index (χ2v) is 8.60. The van der Waals surface area contributed by atoms with Gasteiger partial charge in [0.15, 0.2) is 0 Å². The fraction of sp³-hybridized carbons (Fsp3) is 0.308. The maximum absolute atomic E-state index is 13.1. The summed E-state index contributed by atoms with van der Waals surface area (Å²) in [4.78, 5) is 30.1. The van der Waals surface area contributed by atoms with Crippen LogP contribution in [0, 0.1) is 0 Å². The van der Waals surface area contributed by atoms with E-state index in [1.165, 1.54) is 0 Å². The van der Waals surface area contributed by atoms with E-state index in [1.54, 1.807) is 18.2 Å². The molecule has 0 saturated carbocycles. The van der Waals surface area contributed by atoms with Gasteiger partial charge in [0.1, 0.15) is 12.5 Å². The predicted octanol–water partition coefficient (Wildman–Crippen LogP) is 3.08. The van der Waals surface area contributed by atoms with Crippen LogP contribution in [-0.4, -0.2) is 66.6 Å². The number of nitrogens with two attached hydrogens (primary N) is 1. The highest BCUT2D eigenvalue weighted by molar-refractivity contribution is 5.98. The Hall–Kier alpha value is -3.98. The van der Waals surface area contributed by atoms with Crippen LogP contribution in [-0.2, 0) is 16.0 Å². The summed E-state index contributed by atoms with van der Waals surface area (Å²) in [5.41, 5.74) is 11.4. The molecule has 180 valence electrons. The number of hydrogen-bond acceptors (Lipinski definition) is 8. The molecular formula is C26H28N6O3. The lowest BCUT2D eigenvalue weighted by Gasteiger charge is -2.31. The number of rotatable bonds is 7. The van der Waals surface area contributed by atoms with Gasteiger partial charge in [-0.15, -0.1) is 0 Å². The minimum Gasteiger partial charge on any atom is -0.497 e. The molecule has 2 aliphatic heterocycles. The second kappa shape index (κ2) is 10.1. The lowest BCUT2D eigenvalue weighted by molar-refractivity contribution is -0.139. The molecule has 0 atom stereocenters. The Morgan fingerprint density at radius 3 is 2.94 bits per heavy atom. The number of hydrogen-bond donors (Lipinski definition) is 1. The van der Waals surface area contributed by atoms with E-state index in [0.717, 1.165) is 52.5 Å². The average Bonchev–Trinajstić information content (AvgIpc) is 3.30. The molecule has 1 amide bonds. The van der Waals surface area contributed by atoms with Gasteiger partial charge in [0.05, 0.1) is 38.2 Å². The zero-order valence-corrected chi connectivity index (χ0v) is 19.7. The summed E-state index contributed by atoms with van der Waals surface area (Å²) < 4.78 is 10.9. The van der Waals surface area contributed by atoms with Crippen LogP contribution in [0.15, 0.2) is 59.7 Å². The summed E-state index contributed by atoms with van der Waals surface area (Å²) >= 11 is 0. The summed E-state index contributed by atoms with van der Waals surface area (Å²) in [6.07, 6.45) is 3.23. The molecule has 3 aromatic rings. The lowest BCUT2D eigenvalue weighted by Crippen LogP contribution is -2.45. The third-order valence-electron chi connectivity index (χ3n) is 6.16. The first-order chi connectivity index (χ1) is 17.1. The zero-order chi connectivity index (χ0) is 24.2. The van der Waals surface area contributed by atoms with Crippen molar-refractivity contribution in [3.63, 3.8) is 0 Å². The zero-order valence-electron chi connectivity index (χ0n) is 19.7. The van der Waals surface area contributed by atoms with E-state index in [1.807, 2.05) is 42.5 Å². The Bertz CT molecular complexity index is 1260. The molecule has 2 aliphatic rings. The molecule has 2 aromatic carbocycles. The van der Waals surface area contributed by atoms with Crippen molar-refractivity contribution in [3.8, 4) is 17.0 Å². The number of carbonyl (C=O) groups is 1. The molecule has 1 saturated heterocycles. The molecule has 0 aliphatic carbocycles. The van der Waals surface area contributed by atoms with Gasteiger partial charge in [-0.1, -0.05) is 18.2 Å². The van der Waals surface area contributed by atoms with Gasteiger partial charge >= 0.3 is 0 Å². The molecule has 0 radical (unpaired) electrons. The number of nitrogen functional groups attached to an aromatic ring is 1. The standard InChI is InChI=1S/C26H28N6O3/c1-34-22-5-2-4-21(14-22)32(16-25(33)31-10-3-11-35-17-31)15-20-12-18-6-7-19(13-24(18)29-20)23-8-9-28-26(27)30-23/h2,4-9,13-14H,3,10-12,15-17H2,1H3,(H2,27,28,30). The van der Waals surface area contributed by atoms with E-state index in [0.29, 0.717) is 26.4 Å². The molecule has 5 rings (SSSR count). The maximum atomic E-state index is 13.1. The van der Waals surface area contributed by atoms with Crippen LogP contribution < -0.4 is 15.4 Å². The maximum Gasteiger partial charge on any atom is 0.243 e. The molecule has 0 unspecified atom stereocenters. The van der Waals surface area contributed by atoms with Crippen molar-refractivity contribution in [1.82, 2.24) is 14.9 Å². The SMILES string of the molecule is COc1cccc(N(CC(=O)N2CCCOC2)CC2=Nc3cc(-c4ccnc(N)n4)ccc3C2)c1. The van der Waals surface area contributed by atoms with Gasteiger partial charge in [0, 0.05) is 42.2 Å². The van der Waals surface area contributed by atoms with Crippen LogP contribution >= 0.6 is 0 Å². The quantitative estimate of drug-likeness (QED) is 0.563. The van der Waals surface area contributed by atoms with E-state index < -0.39 is 0 Å². The first kappa shape index (κ1) is 22.8. The van der Waals surface area contributed by atoms with Crippen molar-refractivity contribution >= 4 is 28.9 Å². The molecule has 9 nitrogen and oxygen atoms in total. The van der Waals surface area contributed by atoms with Crippen LogP contribution in [0.2, 0.25) is 0 Å². The van der Waals surface area contributed by atoms with Crippen molar-refractivity contribution < 1.29 is 14.3 Å². The van der Waals surface area contributed by atoms with Crippen molar-refractivity contribution in [3.05, 3.63) is 60.3 Å². The Morgan fingerprint density at radius 2 is 2.14 bits per heavy atom. The number of anilines is 2. The van der Waals surface area contributed by atoms with Gasteiger partial charge < -0.3 is 25.0 Å². The number of benzene rings is 2. The molecule has 2 N–H and O–H groups in total. The highest BCUT2D eigenvalue weighted by Gasteiger charge is 2.23. The summed E-state index contributed by atoms with van der Waals surface area (Å²) in [6.45, 7) is 2.51. The van der Waals surface area contributed by atoms with Crippen LogP contribution in [0.1, 0.15) is 12.0 Å². The monoisotopic (exact) mass is 472 g/mol. The molecule has 1 aromatic heterocycles. The minimum absolute atomic E-state index is 0.0345. The van der Waals surface area contributed by atoms with Crippen molar-refractivity contribution in [2.45, 2.75) is 12.8 Å². The molecule has 3 heterocycles. The molecule has 1 fully saturated rings. The summed E-state index contributed by atoms with van der Waals surface area (Å²) in [6, 6.07) is 15.7. The number of amides is 1. The van der Waals surface area contributed by atoms with E-state index in [9.17, 15) is 4.79 Å².